The second kappa shape index (κ2) is 12.6. The molecule has 0 radical (unpaired) electrons. The van der Waals surface area contributed by atoms with Crippen LogP contribution in [0.25, 0.3) is 0 Å². The van der Waals surface area contributed by atoms with Crippen LogP contribution in [0.2, 0.25) is 0 Å². The van der Waals surface area contributed by atoms with Gasteiger partial charge < -0.3 is 14.2 Å². The summed E-state index contributed by atoms with van der Waals surface area (Å²) >= 11 is 0. The van der Waals surface area contributed by atoms with E-state index in [1.54, 1.807) is 0 Å². The van der Waals surface area contributed by atoms with Crippen molar-refractivity contribution in [3.63, 3.8) is 0 Å². The summed E-state index contributed by atoms with van der Waals surface area (Å²) in [5.74, 6) is 1.57. The van der Waals surface area contributed by atoms with Crippen LogP contribution in [0.15, 0.2) is 66.7 Å². The van der Waals surface area contributed by atoms with E-state index in [-0.39, 0.29) is 17.5 Å². The number of carbonyl (C=O) groups excluding carboxylic acids is 1. The Morgan fingerprint density at radius 1 is 1.00 bits per heavy atom. The van der Waals surface area contributed by atoms with Gasteiger partial charge in [0, 0.05) is 23.8 Å². The minimum Gasteiger partial charge on any atom is -0.493 e. The molecule has 0 N–H and O–H groups in total. The van der Waals surface area contributed by atoms with E-state index in [2.05, 4.69) is 76.2 Å². The van der Waals surface area contributed by atoms with E-state index in [0.29, 0.717) is 19.4 Å². The molecule has 0 amide bonds. The lowest BCUT2D eigenvalue weighted by Crippen LogP contribution is -2.23. The zero-order valence-corrected chi connectivity index (χ0v) is 22.6. The molecule has 4 heteroatoms. The predicted octanol–water partition coefficient (Wildman–Crippen LogP) is 7.23. The number of benzene rings is 3. The van der Waals surface area contributed by atoms with E-state index >= 15 is 0 Å². The van der Waals surface area contributed by atoms with Crippen molar-refractivity contribution < 1.29 is 19.0 Å². The number of hydrogen-bond donors (Lipinski definition) is 0. The predicted molar refractivity (Wildman–Crippen MR) is 146 cm³/mol. The average Bonchev–Trinajstić information content (AvgIpc) is 2.88. The van der Waals surface area contributed by atoms with Crippen molar-refractivity contribution in [3.05, 3.63) is 94.5 Å². The first-order valence-corrected chi connectivity index (χ1v) is 12.9. The van der Waals surface area contributed by atoms with Crippen LogP contribution in [0.3, 0.4) is 0 Å². The molecule has 0 bridgehead atoms. The molecular formula is C32H40O4. The highest BCUT2D eigenvalue weighted by Gasteiger charge is 2.27. The van der Waals surface area contributed by atoms with Crippen LogP contribution in [0.1, 0.15) is 68.4 Å². The van der Waals surface area contributed by atoms with Crippen LogP contribution < -0.4 is 9.47 Å². The van der Waals surface area contributed by atoms with E-state index in [0.717, 1.165) is 35.5 Å². The molecule has 0 saturated heterocycles. The summed E-state index contributed by atoms with van der Waals surface area (Å²) < 4.78 is 17.2. The van der Waals surface area contributed by atoms with Gasteiger partial charge in [-0.3, -0.25) is 4.79 Å². The third-order valence-corrected chi connectivity index (χ3v) is 6.88. The lowest BCUT2D eigenvalue weighted by atomic mass is 9.77. The number of esters is 1. The molecule has 0 saturated carbocycles. The Labute approximate surface area is 216 Å². The van der Waals surface area contributed by atoms with E-state index in [4.69, 9.17) is 14.2 Å². The van der Waals surface area contributed by atoms with Gasteiger partial charge in [0.25, 0.3) is 0 Å². The lowest BCUT2D eigenvalue weighted by molar-refractivity contribution is -0.140. The minimum absolute atomic E-state index is 0.00299. The standard InChI is InChI=1S/C32H40O4/c1-7-25-13-17-30(29(22-25)32(4,5)27-11-9-8-10-12-27)36-24(3)19-20-35-28-16-14-26(23(2)21-28)15-18-31(33)34-6/h8-14,16-17,21-22,24H,7,15,18-20H2,1-6H3/t24-/m1/s1. The highest BCUT2D eigenvalue weighted by molar-refractivity contribution is 5.69. The van der Waals surface area contributed by atoms with Gasteiger partial charge >= 0.3 is 5.97 Å². The molecular weight excluding hydrogens is 448 g/mol. The number of methoxy groups -OCH3 is 1. The summed E-state index contributed by atoms with van der Waals surface area (Å²) in [6, 6.07) is 23.2. The molecule has 4 nitrogen and oxygen atoms in total. The van der Waals surface area contributed by atoms with E-state index < -0.39 is 0 Å². The summed E-state index contributed by atoms with van der Waals surface area (Å²) in [6.45, 7) is 11.4. The molecule has 0 aromatic heterocycles. The van der Waals surface area contributed by atoms with Crippen molar-refractivity contribution in [2.24, 2.45) is 0 Å². The van der Waals surface area contributed by atoms with E-state index in [1.807, 2.05) is 25.1 Å². The second-order valence-electron chi connectivity index (χ2n) is 9.91. The molecule has 3 aromatic rings. The topological polar surface area (TPSA) is 44.8 Å². The van der Waals surface area contributed by atoms with Crippen LogP contribution in [-0.2, 0) is 27.8 Å². The highest BCUT2D eigenvalue weighted by Crippen LogP contribution is 2.38. The maximum Gasteiger partial charge on any atom is 0.305 e. The number of ether oxygens (including phenoxy) is 3. The maximum atomic E-state index is 11.4. The fourth-order valence-corrected chi connectivity index (χ4v) is 4.39. The molecule has 0 aliphatic heterocycles. The van der Waals surface area contributed by atoms with Gasteiger partial charge in [0.2, 0.25) is 0 Å². The van der Waals surface area contributed by atoms with Crippen LogP contribution in [0, 0.1) is 6.92 Å². The van der Waals surface area contributed by atoms with Crippen molar-refractivity contribution in [3.8, 4) is 11.5 Å². The zero-order chi connectivity index (χ0) is 26.1. The molecule has 0 unspecified atom stereocenters. The van der Waals surface area contributed by atoms with Gasteiger partial charge in [-0.1, -0.05) is 69.3 Å². The normalized spacial score (nSPS) is 12.2. The molecule has 0 heterocycles. The molecule has 36 heavy (non-hydrogen) atoms. The third kappa shape index (κ3) is 7.13. The van der Waals surface area contributed by atoms with Crippen molar-refractivity contribution >= 4 is 5.97 Å². The summed E-state index contributed by atoms with van der Waals surface area (Å²) in [5, 5.41) is 0. The van der Waals surface area contributed by atoms with Gasteiger partial charge in [-0.15, -0.1) is 0 Å². The van der Waals surface area contributed by atoms with Gasteiger partial charge in [0.05, 0.1) is 19.8 Å². The summed E-state index contributed by atoms with van der Waals surface area (Å²) in [7, 11) is 1.42. The van der Waals surface area contributed by atoms with Crippen LogP contribution >= 0.6 is 0 Å². The van der Waals surface area contributed by atoms with Crippen LogP contribution in [0.4, 0.5) is 0 Å². The first kappa shape index (κ1) is 27.3. The Morgan fingerprint density at radius 3 is 2.42 bits per heavy atom. The quantitative estimate of drug-likeness (QED) is 0.252. The Morgan fingerprint density at radius 2 is 1.75 bits per heavy atom. The smallest absolute Gasteiger partial charge is 0.305 e. The Balaban J connectivity index is 1.63. The fraction of sp³-hybridized carbons (Fsp3) is 0.406. The first-order valence-electron chi connectivity index (χ1n) is 12.9. The molecule has 3 rings (SSSR count). The fourth-order valence-electron chi connectivity index (χ4n) is 4.39. The van der Waals surface area contributed by atoms with Gasteiger partial charge in [-0.2, -0.15) is 0 Å². The minimum atomic E-state index is -0.191. The van der Waals surface area contributed by atoms with E-state index in [9.17, 15) is 4.79 Å². The van der Waals surface area contributed by atoms with Crippen LogP contribution in [0.5, 0.6) is 11.5 Å². The molecule has 192 valence electrons. The Hall–Kier alpha value is -3.27. The first-order chi connectivity index (χ1) is 17.2. The summed E-state index contributed by atoms with van der Waals surface area (Å²) in [5.41, 5.74) is 5.86. The Kier molecular flexibility index (Phi) is 9.58. The zero-order valence-electron chi connectivity index (χ0n) is 22.6. The van der Waals surface area contributed by atoms with Gasteiger partial charge in [-0.05, 0) is 67.1 Å². The molecule has 0 spiro atoms. The van der Waals surface area contributed by atoms with Crippen molar-refractivity contribution in [1.29, 1.82) is 0 Å². The number of rotatable bonds is 12. The number of carbonyl (C=O) groups is 1. The number of aryl methyl sites for hydroxylation is 3. The maximum absolute atomic E-state index is 11.4. The molecule has 0 aliphatic rings. The van der Waals surface area contributed by atoms with Crippen molar-refractivity contribution in [2.45, 2.75) is 71.8 Å². The highest BCUT2D eigenvalue weighted by atomic mass is 16.5. The van der Waals surface area contributed by atoms with Crippen LogP contribution in [-0.4, -0.2) is 25.8 Å². The molecule has 3 aromatic carbocycles. The largest absolute Gasteiger partial charge is 0.493 e. The van der Waals surface area contributed by atoms with Crippen molar-refractivity contribution in [2.75, 3.05) is 13.7 Å². The molecule has 0 fully saturated rings. The Bertz CT molecular complexity index is 1130. The van der Waals surface area contributed by atoms with E-state index in [1.165, 1.54) is 23.8 Å². The van der Waals surface area contributed by atoms with Gasteiger partial charge in [-0.25, -0.2) is 0 Å². The third-order valence-electron chi connectivity index (χ3n) is 6.88. The summed E-state index contributed by atoms with van der Waals surface area (Å²) in [4.78, 5) is 11.4. The number of hydrogen-bond acceptors (Lipinski definition) is 4. The monoisotopic (exact) mass is 488 g/mol. The second-order valence-corrected chi connectivity index (χ2v) is 9.91. The summed E-state index contributed by atoms with van der Waals surface area (Å²) in [6.07, 6.45) is 2.81. The average molecular weight is 489 g/mol. The van der Waals surface area contributed by atoms with Crippen molar-refractivity contribution in [1.82, 2.24) is 0 Å². The lowest BCUT2D eigenvalue weighted by Gasteiger charge is -2.30. The van der Waals surface area contributed by atoms with Gasteiger partial charge in [0.15, 0.2) is 0 Å². The van der Waals surface area contributed by atoms with Gasteiger partial charge in [0.1, 0.15) is 11.5 Å². The molecule has 1 atom stereocenters. The SMILES string of the molecule is CCc1ccc(O[C@H](C)CCOc2ccc(CCC(=O)OC)c(C)c2)c(C(C)(C)c2ccccc2)c1. The molecule has 0 aliphatic carbocycles.